The molecule has 0 bridgehead atoms. The number of aromatic nitrogens is 1. The molecule has 0 aliphatic rings. The van der Waals surface area contributed by atoms with Crippen LogP contribution in [0.15, 0.2) is 6.20 Å². The fourth-order valence-corrected chi connectivity index (χ4v) is 1.65. The van der Waals surface area contributed by atoms with E-state index in [1.54, 1.807) is 11.3 Å². The average molecular weight is 185 g/mol. The summed E-state index contributed by atoms with van der Waals surface area (Å²) in [6, 6.07) is 0. The van der Waals surface area contributed by atoms with Crippen molar-refractivity contribution in [2.75, 3.05) is 20.1 Å². The average Bonchev–Trinajstić information content (AvgIpc) is 2.45. The summed E-state index contributed by atoms with van der Waals surface area (Å²) in [6.07, 6.45) is 1.92. The van der Waals surface area contributed by atoms with Crippen LogP contribution >= 0.6 is 11.3 Å². The van der Waals surface area contributed by atoms with Crippen molar-refractivity contribution in [3.63, 3.8) is 0 Å². The number of aryl methyl sites for hydroxylation is 1. The normalized spacial score (nSPS) is 10.5. The van der Waals surface area contributed by atoms with Gasteiger partial charge in [-0.1, -0.05) is 0 Å². The molecule has 1 rings (SSSR count). The monoisotopic (exact) mass is 185 g/mol. The maximum atomic E-state index is 4.25. The van der Waals surface area contributed by atoms with E-state index in [2.05, 4.69) is 22.5 Å². The molecule has 3 nitrogen and oxygen atoms in total. The van der Waals surface area contributed by atoms with Gasteiger partial charge in [0, 0.05) is 30.7 Å². The molecule has 12 heavy (non-hydrogen) atoms. The zero-order valence-corrected chi connectivity index (χ0v) is 8.37. The Balaban J connectivity index is 2.15. The van der Waals surface area contributed by atoms with Crippen LogP contribution in [-0.4, -0.2) is 25.1 Å². The first-order valence-electron chi connectivity index (χ1n) is 4.09. The Morgan fingerprint density at radius 3 is 2.92 bits per heavy atom. The minimum absolute atomic E-state index is 0.889. The van der Waals surface area contributed by atoms with Gasteiger partial charge in [-0.15, -0.1) is 11.3 Å². The summed E-state index contributed by atoms with van der Waals surface area (Å²) in [7, 11) is 1.95. The first-order chi connectivity index (χ1) is 5.83. The summed E-state index contributed by atoms with van der Waals surface area (Å²) >= 11 is 1.75. The van der Waals surface area contributed by atoms with Gasteiger partial charge in [0.15, 0.2) is 0 Å². The van der Waals surface area contributed by atoms with Gasteiger partial charge < -0.3 is 10.6 Å². The molecule has 0 saturated heterocycles. The molecule has 0 amide bonds. The molecule has 1 heterocycles. The molecule has 0 aliphatic heterocycles. The highest BCUT2D eigenvalue weighted by molar-refractivity contribution is 7.11. The lowest BCUT2D eigenvalue weighted by molar-refractivity contribution is 0.649. The third-order valence-electron chi connectivity index (χ3n) is 1.50. The molecule has 2 N–H and O–H groups in total. The number of hydrogen-bond donors (Lipinski definition) is 2. The summed E-state index contributed by atoms with van der Waals surface area (Å²) in [5.41, 5.74) is 0. The van der Waals surface area contributed by atoms with E-state index in [-0.39, 0.29) is 0 Å². The lowest BCUT2D eigenvalue weighted by Crippen LogP contribution is -2.24. The fourth-order valence-electron chi connectivity index (χ4n) is 0.892. The van der Waals surface area contributed by atoms with Gasteiger partial charge in [-0.25, -0.2) is 4.98 Å². The maximum Gasteiger partial charge on any atom is 0.107 e. The third-order valence-corrected chi connectivity index (χ3v) is 2.41. The van der Waals surface area contributed by atoms with Gasteiger partial charge >= 0.3 is 0 Å². The number of thiazole rings is 1. The second-order valence-electron chi connectivity index (χ2n) is 2.64. The number of likely N-dealkylation sites (N-methyl/N-ethyl adjacent to an activating group) is 1. The van der Waals surface area contributed by atoms with Crippen LogP contribution < -0.4 is 10.6 Å². The van der Waals surface area contributed by atoms with E-state index in [0.29, 0.717) is 0 Å². The molecule has 4 heteroatoms. The quantitative estimate of drug-likeness (QED) is 0.665. The van der Waals surface area contributed by atoms with E-state index in [1.165, 1.54) is 9.88 Å². The van der Waals surface area contributed by atoms with Crippen LogP contribution in [0.5, 0.6) is 0 Å². The van der Waals surface area contributed by atoms with Gasteiger partial charge in [-0.2, -0.15) is 0 Å². The van der Waals surface area contributed by atoms with Crippen LogP contribution in [0.4, 0.5) is 0 Å². The van der Waals surface area contributed by atoms with E-state index in [9.17, 15) is 0 Å². The number of nitrogens with zero attached hydrogens (tertiary/aromatic N) is 1. The molecule has 0 atom stereocenters. The first kappa shape index (κ1) is 9.64. The SMILES string of the molecule is CNCCNCc1ncc(C)s1. The van der Waals surface area contributed by atoms with Crippen molar-refractivity contribution in [3.8, 4) is 0 Å². The van der Waals surface area contributed by atoms with Crippen molar-refractivity contribution >= 4 is 11.3 Å². The predicted octanol–water partition coefficient (Wildman–Crippen LogP) is 0.761. The van der Waals surface area contributed by atoms with E-state index in [4.69, 9.17) is 0 Å². The Morgan fingerprint density at radius 1 is 1.50 bits per heavy atom. The molecule has 0 radical (unpaired) electrons. The Labute approximate surface area is 77.2 Å². The van der Waals surface area contributed by atoms with E-state index < -0.39 is 0 Å². The Morgan fingerprint density at radius 2 is 2.33 bits per heavy atom. The van der Waals surface area contributed by atoms with Crippen LogP contribution in [0.3, 0.4) is 0 Å². The van der Waals surface area contributed by atoms with Crippen LogP contribution in [0.2, 0.25) is 0 Å². The molecule has 0 spiro atoms. The van der Waals surface area contributed by atoms with Crippen molar-refractivity contribution < 1.29 is 0 Å². The van der Waals surface area contributed by atoms with Crippen LogP contribution in [0.25, 0.3) is 0 Å². The Bertz CT molecular complexity index is 222. The lowest BCUT2D eigenvalue weighted by Gasteiger charge is -2.00. The van der Waals surface area contributed by atoms with E-state index >= 15 is 0 Å². The lowest BCUT2D eigenvalue weighted by atomic mass is 10.6. The van der Waals surface area contributed by atoms with Gasteiger partial charge in [-0.3, -0.25) is 0 Å². The number of hydrogen-bond acceptors (Lipinski definition) is 4. The molecule has 0 saturated carbocycles. The highest BCUT2D eigenvalue weighted by Gasteiger charge is 1.96. The smallest absolute Gasteiger partial charge is 0.107 e. The molecular weight excluding hydrogens is 170 g/mol. The van der Waals surface area contributed by atoms with Crippen molar-refractivity contribution in [1.29, 1.82) is 0 Å². The van der Waals surface area contributed by atoms with E-state index in [1.807, 2.05) is 13.2 Å². The second kappa shape index (κ2) is 5.24. The van der Waals surface area contributed by atoms with Crippen LogP contribution in [0, 0.1) is 6.92 Å². The van der Waals surface area contributed by atoms with Gasteiger partial charge in [0.1, 0.15) is 5.01 Å². The number of nitrogens with one attached hydrogen (secondary N) is 2. The summed E-state index contributed by atoms with van der Waals surface area (Å²) in [5.74, 6) is 0. The standard InChI is InChI=1S/C8H15N3S/c1-7-5-11-8(12-7)6-10-4-3-9-2/h5,9-10H,3-4,6H2,1-2H3. The minimum Gasteiger partial charge on any atom is -0.318 e. The van der Waals surface area contributed by atoms with Gasteiger partial charge in [-0.05, 0) is 14.0 Å². The molecule has 0 unspecified atom stereocenters. The molecule has 1 aromatic heterocycles. The molecule has 0 aromatic carbocycles. The highest BCUT2D eigenvalue weighted by Crippen LogP contribution is 2.09. The summed E-state index contributed by atoms with van der Waals surface area (Å²) in [4.78, 5) is 5.53. The Kier molecular flexibility index (Phi) is 4.21. The zero-order valence-electron chi connectivity index (χ0n) is 7.55. The zero-order chi connectivity index (χ0) is 8.81. The summed E-state index contributed by atoms with van der Waals surface area (Å²) in [5, 5.41) is 7.55. The summed E-state index contributed by atoms with van der Waals surface area (Å²) < 4.78 is 0. The Hall–Kier alpha value is -0.450. The topological polar surface area (TPSA) is 37.0 Å². The van der Waals surface area contributed by atoms with Crippen molar-refractivity contribution in [1.82, 2.24) is 15.6 Å². The van der Waals surface area contributed by atoms with Crippen molar-refractivity contribution in [2.45, 2.75) is 13.5 Å². The fraction of sp³-hybridized carbons (Fsp3) is 0.625. The molecule has 0 fully saturated rings. The van der Waals surface area contributed by atoms with Gasteiger partial charge in [0.25, 0.3) is 0 Å². The van der Waals surface area contributed by atoms with Gasteiger partial charge in [0.05, 0.1) is 0 Å². The maximum absolute atomic E-state index is 4.25. The number of rotatable bonds is 5. The third kappa shape index (κ3) is 3.30. The van der Waals surface area contributed by atoms with Gasteiger partial charge in [0.2, 0.25) is 0 Å². The molecule has 1 aromatic rings. The summed E-state index contributed by atoms with van der Waals surface area (Å²) in [6.45, 7) is 4.97. The van der Waals surface area contributed by atoms with E-state index in [0.717, 1.165) is 19.6 Å². The first-order valence-corrected chi connectivity index (χ1v) is 4.91. The highest BCUT2D eigenvalue weighted by atomic mass is 32.1. The van der Waals surface area contributed by atoms with Crippen LogP contribution in [0.1, 0.15) is 9.88 Å². The predicted molar refractivity (Wildman–Crippen MR) is 52.5 cm³/mol. The van der Waals surface area contributed by atoms with Crippen molar-refractivity contribution in [2.24, 2.45) is 0 Å². The minimum atomic E-state index is 0.889. The molecule has 0 aliphatic carbocycles. The molecule has 68 valence electrons. The molecular formula is C8H15N3S. The largest absolute Gasteiger partial charge is 0.318 e. The van der Waals surface area contributed by atoms with Crippen molar-refractivity contribution in [3.05, 3.63) is 16.1 Å². The second-order valence-corrected chi connectivity index (χ2v) is 3.96. The van der Waals surface area contributed by atoms with Crippen LogP contribution in [-0.2, 0) is 6.54 Å².